The van der Waals surface area contributed by atoms with Gasteiger partial charge in [0.25, 0.3) is 11.8 Å². The van der Waals surface area contributed by atoms with E-state index in [4.69, 9.17) is 4.42 Å². The summed E-state index contributed by atoms with van der Waals surface area (Å²) < 4.78 is 5.86. The van der Waals surface area contributed by atoms with Gasteiger partial charge in [-0.05, 0) is 51.7 Å². The lowest BCUT2D eigenvalue weighted by Crippen LogP contribution is -2.37. The second-order valence-corrected chi connectivity index (χ2v) is 8.72. The lowest BCUT2D eigenvalue weighted by molar-refractivity contribution is 0.0710. The molecule has 27 heavy (non-hydrogen) atoms. The van der Waals surface area contributed by atoms with Gasteiger partial charge >= 0.3 is 0 Å². The summed E-state index contributed by atoms with van der Waals surface area (Å²) in [5.74, 6) is 1.52. The highest BCUT2D eigenvalue weighted by Crippen LogP contribution is 2.30. The van der Waals surface area contributed by atoms with E-state index >= 15 is 0 Å². The number of hydrogen-bond donors (Lipinski definition) is 0. The standard InChI is InChI=1S/C20H25N3O3S/c1-13-5-6-16(27-13)19(24)23-11-7-15(8-12-23)18-21-17(14(2)26-18)20(25)22-9-3-4-10-22/h5-6,15H,3-4,7-12H2,1-2H3. The van der Waals surface area contributed by atoms with Crippen LogP contribution < -0.4 is 0 Å². The average molecular weight is 388 g/mol. The maximum atomic E-state index is 12.6. The Morgan fingerprint density at radius 1 is 1.04 bits per heavy atom. The Kier molecular flexibility index (Phi) is 5.04. The van der Waals surface area contributed by atoms with Crippen molar-refractivity contribution in [2.75, 3.05) is 26.2 Å². The van der Waals surface area contributed by atoms with Gasteiger partial charge in [0.2, 0.25) is 0 Å². The van der Waals surface area contributed by atoms with Crippen LogP contribution in [0.4, 0.5) is 0 Å². The van der Waals surface area contributed by atoms with Crippen LogP contribution in [0.3, 0.4) is 0 Å². The van der Waals surface area contributed by atoms with Gasteiger partial charge in [-0.25, -0.2) is 4.98 Å². The van der Waals surface area contributed by atoms with Gasteiger partial charge in [0.15, 0.2) is 11.6 Å². The molecule has 0 aliphatic carbocycles. The predicted molar refractivity (Wildman–Crippen MR) is 103 cm³/mol. The van der Waals surface area contributed by atoms with Crippen molar-refractivity contribution in [3.05, 3.63) is 39.2 Å². The van der Waals surface area contributed by atoms with Crippen molar-refractivity contribution in [2.24, 2.45) is 0 Å². The molecule has 0 spiro atoms. The summed E-state index contributed by atoms with van der Waals surface area (Å²) in [7, 11) is 0. The molecule has 7 heteroatoms. The third-order valence-corrected chi connectivity index (χ3v) is 6.48. The smallest absolute Gasteiger partial charge is 0.276 e. The van der Waals surface area contributed by atoms with E-state index in [-0.39, 0.29) is 17.7 Å². The minimum Gasteiger partial charge on any atom is -0.445 e. The third-order valence-electron chi connectivity index (χ3n) is 5.49. The van der Waals surface area contributed by atoms with E-state index < -0.39 is 0 Å². The average Bonchev–Trinajstić information content (AvgIpc) is 3.42. The van der Waals surface area contributed by atoms with Gasteiger partial charge in [0.1, 0.15) is 5.76 Å². The van der Waals surface area contributed by atoms with Crippen molar-refractivity contribution in [1.29, 1.82) is 0 Å². The number of amides is 2. The summed E-state index contributed by atoms with van der Waals surface area (Å²) in [6.45, 7) is 6.83. The van der Waals surface area contributed by atoms with Gasteiger partial charge in [-0.3, -0.25) is 9.59 Å². The number of aromatic nitrogens is 1. The van der Waals surface area contributed by atoms with E-state index in [0.29, 0.717) is 30.4 Å². The van der Waals surface area contributed by atoms with Crippen LogP contribution in [0.1, 0.15) is 68.3 Å². The summed E-state index contributed by atoms with van der Waals surface area (Å²) in [6.07, 6.45) is 3.75. The molecule has 6 nitrogen and oxygen atoms in total. The van der Waals surface area contributed by atoms with Crippen LogP contribution in [-0.2, 0) is 0 Å². The minimum absolute atomic E-state index is 0.0133. The third kappa shape index (κ3) is 3.65. The Morgan fingerprint density at radius 3 is 2.33 bits per heavy atom. The topological polar surface area (TPSA) is 66.7 Å². The van der Waals surface area contributed by atoms with Crippen molar-refractivity contribution in [1.82, 2.24) is 14.8 Å². The first-order valence-electron chi connectivity index (χ1n) is 9.65. The predicted octanol–water partition coefficient (Wildman–Crippen LogP) is 3.61. The molecule has 0 bridgehead atoms. The van der Waals surface area contributed by atoms with Gasteiger partial charge in [-0.15, -0.1) is 11.3 Å². The monoisotopic (exact) mass is 387 g/mol. The van der Waals surface area contributed by atoms with Crippen LogP contribution in [0.2, 0.25) is 0 Å². The molecule has 2 amide bonds. The van der Waals surface area contributed by atoms with Crippen molar-refractivity contribution in [3.63, 3.8) is 0 Å². The minimum atomic E-state index is -0.0133. The molecule has 0 atom stereocenters. The van der Waals surface area contributed by atoms with E-state index in [1.807, 2.05) is 35.8 Å². The fourth-order valence-corrected chi connectivity index (χ4v) is 4.73. The molecule has 2 aliphatic rings. The van der Waals surface area contributed by atoms with Gasteiger partial charge in [0.05, 0.1) is 4.88 Å². The second kappa shape index (κ2) is 7.46. The molecule has 0 saturated carbocycles. The molecular weight excluding hydrogens is 362 g/mol. The number of nitrogens with zero attached hydrogens (tertiary/aromatic N) is 3. The highest BCUT2D eigenvalue weighted by molar-refractivity contribution is 7.13. The zero-order chi connectivity index (χ0) is 19.0. The molecule has 2 aliphatic heterocycles. The number of likely N-dealkylation sites (tertiary alicyclic amines) is 2. The number of rotatable bonds is 3. The lowest BCUT2D eigenvalue weighted by atomic mass is 9.96. The van der Waals surface area contributed by atoms with Crippen LogP contribution in [0.15, 0.2) is 16.5 Å². The van der Waals surface area contributed by atoms with Gasteiger partial charge in [-0.2, -0.15) is 0 Å². The van der Waals surface area contributed by atoms with Crippen LogP contribution in [0.5, 0.6) is 0 Å². The fraction of sp³-hybridized carbons (Fsp3) is 0.550. The van der Waals surface area contributed by atoms with Crippen LogP contribution in [-0.4, -0.2) is 52.8 Å². The lowest BCUT2D eigenvalue weighted by Gasteiger charge is -2.30. The Balaban J connectivity index is 1.40. The molecule has 4 heterocycles. The summed E-state index contributed by atoms with van der Waals surface area (Å²) in [5.41, 5.74) is 0.458. The van der Waals surface area contributed by atoms with Gasteiger partial charge < -0.3 is 14.2 Å². The summed E-state index contributed by atoms with van der Waals surface area (Å²) in [4.78, 5) is 35.5. The van der Waals surface area contributed by atoms with Crippen molar-refractivity contribution in [2.45, 2.75) is 45.4 Å². The molecule has 2 saturated heterocycles. The van der Waals surface area contributed by atoms with E-state index in [2.05, 4.69) is 4.98 Å². The Bertz CT molecular complexity index is 843. The largest absolute Gasteiger partial charge is 0.445 e. The SMILES string of the molecule is Cc1ccc(C(=O)N2CCC(c3nc(C(=O)N4CCCC4)c(C)o3)CC2)s1. The van der Waals surface area contributed by atoms with E-state index in [0.717, 1.165) is 48.5 Å². The molecule has 0 radical (unpaired) electrons. The van der Waals surface area contributed by atoms with E-state index in [9.17, 15) is 9.59 Å². The quantitative estimate of drug-likeness (QED) is 0.807. The number of piperidine rings is 1. The Morgan fingerprint density at radius 2 is 1.70 bits per heavy atom. The zero-order valence-corrected chi connectivity index (χ0v) is 16.7. The molecule has 0 unspecified atom stereocenters. The number of carbonyl (C=O) groups is 2. The molecule has 2 aromatic rings. The number of thiophene rings is 1. The summed E-state index contributed by atoms with van der Waals surface area (Å²) >= 11 is 1.54. The van der Waals surface area contributed by atoms with E-state index in [1.54, 1.807) is 11.3 Å². The molecule has 0 aromatic carbocycles. The van der Waals surface area contributed by atoms with Crippen LogP contribution in [0, 0.1) is 13.8 Å². The van der Waals surface area contributed by atoms with Crippen LogP contribution >= 0.6 is 11.3 Å². The highest BCUT2D eigenvalue weighted by atomic mass is 32.1. The molecule has 2 aromatic heterocycles. The number of oxazole rings is 1. The summed E-state index contributed by atoms with van der Waals surface area (Å²) in [5, 5.41) is 0. The molecule has 144 valence electrons. The number of aryl methyl sites for hydroxylation is 2. The first-order chi connectivity index (χ1) is 13.0. The Labute approximate surface area is 163 Å². The zero-order valence-electron chi connectivity index (χ0n) is 15.9. The van der Waals surface area contributed by atoms with Gasteiger partial charge in [0, 0.05) is 37.0 Å². The second-order valence-electron chi connectivity index (χ2n) is 7.43. The highest BCUT2D eigenvalue weighted by Gasteiger charge is 2.31. The molecule has 4 rings (SSSR count). The number of carbonyl (C=O) groups excluding carboxylic acids is 2. The maximum absolute atomic E-state index is 12.6. The Hall–Kier alpha value is -2.15. The first kappa shape index (κ1) is 18.2. The molecule has 0 N–H and O–H groups in total. The normalized spacial score (nSPS) is 18.3. The fourth-order valence-electron chi connectivity index (χ4n) is 3.89. The first-order valence-corrected chi connectivity index (χ1v) is 10.5. The molecular formula is C20H25N3O3S. The summed E-state index contributed by atoms with van der Waals surface area (Å²) in [6, 6.07) is 3.89. The van der Waals surface area contributed by atoms with Gasteiger partial charge in [-0.1, -0.05) is 0 Å². The van der Waals surface area contributed by atoms with Crippen molar-refractivity contribution in [3.8, 4) is 0 Å². The molecule has 2 fully saturated rings. The number of hydrogen-bond acceptors (Lipinski definition) is 5. The van der Waals surface area contributed by atoms with Crippen molar-refractivity contribution < 1.29 is 14.0 Å². The maximum Gasteiger partial charge on any atom is 0.276 e. The van der Waals surface area contributed by atoms with Crippen LogP contribution in [0.25, 0.3) is 0 Å². The van der Waals surface area contributed by atoms with Crippen molar-refractivity contribution >= 4 is 23.2 Å². The van der Waals surface area contributed by atoms with E-state index in [1.165, 1.54) is 0 Å².